The molecule has 0 bridgehead atoms. The van der Waals surface area contributed by atoms with Crippen LogP contribution >= 0.6 is 11.8 Å². The molecule has 4 rings (SSSR count). The van der Waals surface area contributed by atoms with E-state index in [-0.39, 0.29) is 17.7 Å². The molecule has 0 atom stereocenters. The number of nitrogens with one attached hydrogen (secondary N) is 1. The number of fused-ring (bicyclic) bond motifs is 3. The fourth-order valence-electron chi connectivity index (χ4n) is 3.14. The minimum absolute atomic E-state index is 0.0111. The van der Waals surface area contributed by atoms with Crippen LogP contribution in [0.2, 0.25) is 0 Å². The van der Waals surface area contributed by atoms with Gasteiger partial charge < -0.3 is 10.2 Å². The lowest BCUT2D eigenvalue weighted by Crippen LogP contribution is -2.33. The van der Waals surface area contributed by atoms with Gasteiger partial charge in [0.1, 0.15) is 6.54 Å². The number of nitrogens with zero attached hydrogens (tertiary/aromatic N) is 1. The standard InChI is InChI=1S/C18H16N2O2S/c21-17(11-20-7-8-23-18(20)22)19-14-6-5-13-9-12-3-1-2-4-15(12)16(13)10-14/h1-6,10H,7-9,11H2,(H,19,21). The van der Waals surface area contributed by atoms with Crippen LogP contribution in [-0.4, -0.2) is 34.9 Å². The van der Waals surface area contributed by atoms with E-state index in [1.165, 1.54) is 34.0 Å². The summed E-state index contributed by atoms with van der Waals surface area (Å²) in [4.78, 5) is 25.3. The number of thioether (sulfide) groups is 1. The maximum Gasteiger partial charge on any atom is 0.282 e. The number of benzene rings is 2. The maximum atomic E-state index is 12.1. The first-order chi connectivity index (χ1) is 11.2. The highest BCUT2D eigenvalue weighted by molar-refractivity contribution is 8.13. The highest BCUT2D eigenvalue weighted by Crippen LogP contribution is 2.37. The van der Waals surface area contributed by atoms with Gasteiger partial charge in [0.2, 0.25) is 5.91 Å². The van der Waals surface area contributed by atoms with Crippen LogP contribution in [0.5, 0.6) is 0 Å². The molecule has 1 aliphatic heterocycles. The van der Waals surface area contributed by atoms with Crippen molar-refractivity contribution < 1.29 is 9.59 Å². The summed E-state index contributed by atoms with van der Waals surface area (Å²) in [7, 11) is 0. The fraction of sp³-hybridized carbons (Fsp3) is 0.222. The molecular formula is C18H16N2O2S. The largest absolute Gasteiger partial charge is 0.325 e. The first-order valence-electron chi connectivity index (χ1n) is 7.63. The molecule has 1 fully saturated rings. The number of hydrogen-bond donors (Lipinski definition) is 1. The summed E-state index contributed by atoms with van der Waals surface area (Å²) in [5.41, 5.74) is 5.82. The summed E-state index contributed by atoms with van der Waals surface area (Å²) in [6, 6.07) is 14.4. The Morgan fingerprint density at radius 2 is 1.96 bits per heavy atom. The van der Waals surface area contributed by atoms with Crippen LogP contribution in [0, 0.1) is 0 Å². The molecular weight excluding hydrogens is 308 g/mol. The first kappa shape index (κ1) is 14.3. The van der Waals surface area contributed by atoms with Gasteiger partial charge in [0.15, 0.2) is 0 Å². The van der Waals surface area contributed by atoms with Crippen molar-refractivity contribution in [2.24, 2.45) is 0 Å². The average Bonchev–Trinajstić information content (AvgIpc) is 3.11. The Balaban J connectivity index is 1.51. The lowest BCUT2D eigenvalue weighted by Gasteiger charge is -2.14. The van der Waals surface area contributed by atoms with Crippen molar-refractivity contribution in [1.29, 1.82) is 0 Å². The molecule has 4 nitrogen and oxygen atoms in total. The fourth-order valence-corrected chi connectivity index (χ4v) is 3.97. The molecule has 1 saturated heterocycles. The predicted molar refractivity (Wildman–Crippen MR) is 92.7 cm³/mol. The van der Waals surface area contributed by atoms with Crippen molar-refractivity contribution in [1.82, 2.24) is 4.90 Å². The Kier molecular flexibility index (Phi) is 3.58. The van der Waals surface area contributed by atoms with E-state index in [1.54, 1.807) is 4.90 Å². The molecule has 2 aromatic carbocycles. The van der Waals surface area contributed by atoms with E-state index in [1.807, 2.05) is 18.2 Å². The first-order valence-corrected chi connectivity index (χ1v) is 8.62. The van der Waals surface area contributed by atoms with Crippen molar-refractivity contribution in [3.05, 3.63) is 53.6 Å². The molecule has 1 N–H and O–H groups in total. The molecule has 2 aromatic rings. The zero-order chi connectivity index (χ0) is 15.8. The predicted octanol–water partition coefficient (Wildman–Crippen LogP) is 3.37. The third-order valence-electron chi connectivity index (χ3n) is 4.26. The molecule has 116 valence electrons. The van der Waals surface area contributed by atoms with Crippen molar-refractivity contribution in [2.45, 2.75) is 6.42 Å². The number of rotatable bonds is 3. The molecule has 2 amide bonds. The summed E-state index contributed by atoms with van der Waals surface area (Å²) in [5, 5.41) is 2.90. The summed E-state index contributed by atoms with van der Waals surface area (Å²) < 4.78 is 0. The van der Waals surface area contributed by atoms with Gasteiger partial charge in [-0.1, -0.05) is 42.1 Å². The monoisotopic (exact) mass is 324 g/mol. The number of amides is 2. The highest BCUT2D eigenvalue weighted by Gasteiger charge is 2.23. The van der Waals surface area contributed by atoms with Gasteiger partial charge in [-0.3, -0.25) is 9.59 Å². The van der Waals surface area contributed by atoms with Crippen molar-refractivity contribution in [2.75, 3.05) is 24.2 Å². The third-order valence-corrected chi connectivity index (χ3v) is 5.15. The molecule has 0 spiro atoms. The second-order valence-electron chi connectivity index (χ2n) is 5.79. The summed E-state index contributed by atoms with van der Waals surface area (Å²) in [5.74, 6) is 0.619. The Hall–Kier alpha value is -2.27. The van der Waals surface area contributed by atoms with Crippen LogP contribution in [0.25, 0.3) is 11.1 Å². The maximum absolute atomic E-state index is 12.1. The van der Waals surface area contributed by atoms with Crippen LogP contribution in [0.15, 0.2) is 42.5 Å². The van der Waals surface area contributed by atoms with Gasteiger partial charge in [-0.05, 0) is 40.8 Å². The lowest BCUT2D eigenvalue weighted by molar-refractivity contribution is -0.116. The van der Waals surface area contributed by atoms with Gasteiger partial charge in [-0.25, -0.2) is 0 Å². The number of anilines is 1. The molecule has 0 saturated carbocycles. The topological polar surface area (TPSA) is 49.4 Å². The zero-order valence-corrected chi connectivity index (χ0v) is 13.4. The van der Waals surface area contributed by atoms with E-state index >= 15 is 0 Å². The number of hydrogen-bond acceptors (Lipinski definition) is 3. The van der Waals surface area contributed by atoms with E-state index in [2.05, 4.69) is 29.6 Å². The molecule has 1 heterocycles. The van der Waals surface area contributed by atoms with Crippen LogP contribution in [0.1, 0.15) is 11.1 Å². The molecule has 23 heavy (non-hydrogen) atoms. The van der Waals surface area contributed by atoms with Gasteiger partial charge in [-0.2, -0.15) is 0 Å². The van der Waals surface area contributed by atoms with Gasteiger partial charge in [0, 0.05) is 18.0 Å². The van der Waals surface area contributed by atoms with Gasteiger partial charge >= 0.3 is 0 Å². The molecule has 0 radical (unpaired) electrons. The Morgan fingerprint density at radius 3 is 2.78 bits per heavy atom. The lowest BCUT2D eigenvalue weighted by atomic mass is 10.1. The highest BCUT2D eigenvalue weighted by atomic mass is 32.2. The van der Waals surface area contributed by atoms with Crippen LogP contribution in [-0.2, 0) is 11.2 Å². The average molecular weight is 324 g/mol. The van der Waals surface area contributed by atoms with E-state index in [0.29, 0.717) is 6.54 Å². The zero-order valence-electron chi connectivity index (χ0n) is 12.5. The minimum Gasteiger partial charge on any atom is -0.325 e. The summed E-state index contributed by atoms with van der Waals surface area (Å²) in [6.45, 7) is 0.772. The molecule has 2 aliphatic rings. The quantitative estimate of drug-likeness (QED) is 0.803. The van der Waals surface area contributed by atoms with E-state index in [0.717, 1.165) is 17.9 Å². The van der Waals surface area contributed by atoms with Gasteiger partial charge in [0.05, 0.1) is 0 Å². The minimum atomic E-state index is -0.146. The second kappa shape index (κ2) is 5.74. The number of carbonyl (C=O) groups excluding carboxylic acids is 2. The van der Waals surface area contributed by atoms with Crippen molar-refractivity contribution in [3.63, 3.8) is 0 Å². The second-order valence-corrected chi connectivity index (χ2v) is 6.84. The van der Waals surface area contributed by atoms with Gasteiger partial charge in [0.25, 0.3) is 5.24 Å². The molecule has 5 heteroatoms. The van der Waals surface area contributed by atoms with E-state index < -0.39 is 0 Å². The van der Waals surface area contributed by atoms with E-state index in [9.17, 15) is 9.59 Å². The molecule has 1 aliphatic carbocycles. The SMILES string of the molecule is O=C(CN1CCSC1=O)Nc1ccc2c(c1)-c1ccccc1C2. The van der Waals surface area contributed by atoms with Crippen molar-refractivity contribution >= 4 is 28.6 Å². The molecule has 0 aromatic heterocycles. The Bertz CT molecular complexity index is 803. The molecule has 0 unspecified atom stereocenters. The van der Waals surface area contributed by atoms with Crippen LogP contribution in [0.3, 0.4) is 0 Å². The van der Waals surface area contributed by atoms with E-state index in [4.69, 9.17) is 0 Å². The Morgan fingerprint density at radius 1 is 1.13 bits per heavy atom. The normalized spacial score (nSPS) is 15.5. The summed E-state index contributed by atoms with van der Waals surface area (Å²) >= 11 is 1.27. The smallest absolute Gasteiger partial charge is 0.282 e. The van der Waals surface area contributed by atoms with Crippen LogP contribution in [0.4, 0.5) is 10.5 Å². The Labute approximate surface area is 138 Å². The summed E-state index contributed by atoms with van der Waals surface area (Å²) in [6.07, 6.45) is 0.944. The third kappa shape index (κ3) is 2.72. The van der Waals surface area contributed by atoms with Crippen LogP contribution < -0.4 is 5.32 Å². The van der Waals surface area contributed by atoms with Crippen molar-refractivity contribution in [3.8, 4) is 11.1 Å². The number of carbonyl (C=O) groups is 2. The van der Waals surface area contributed by atoms with Gasteiger partial charge in [-0.15, -0.1) is 0 Å².